The molecule has 0 aliphatic rings. The quantitative estimate of drug-likeness (QED) is 0.389. The first kappa shape index (κ1) is 14.6. The Bertz CT molecular complexity index is 367. The first-order chi connectivity index (χ1) is 8.63. The number of nitrogens with zero attached hydrogens (tertiary/aromatic N) is 3. The molecule has 1 atom stereocenters. The molecule has 0 aliphatic carbocycles. The average molecular weight is 256 g/mol. The van der Waals surface area contributed by atoms with Gasteiger partial charge >= 0.3 is 5.69 Å². The summed E-state index contributed by atoms with van der Waals surface area (Å²) >= 11 is 0. The summed E-state index contributed by atoms with van der Waals surface area (Å²) in [4.78, 5) is 9.95. The molecule has 1 rings (SSSR count). The second kappa shape index (κ2) is 7.78. The van der Waals surface area contributed by atoms with Crippen LogP contribution in [-0.4, -0.2) is 39.0 Å². The predicted octanol–water partition coefficient (Wildman–Crippen LogP) is 0.932. The Morgan fingerprint density at radius 1 is 1.61 bits per heavy atom. The number of nitro groups is 1. The first-order valence-corrected chi connectivity index (χ1v) is 6.19. The Labute approximate surface area is 106 Å². The van der Waals surface area contributed by atoms with Crippen LogP contribution in [0.4, 0.5) is 5.69 Å². The molecule has 7 nitrogen and oxygen atoms in total. The van der Waals surface area contributed by atoms with Crippen LogP contribution in [0, 0.1) is 10.1 Å². The fraction of sp³-hybridized carbons (Fsp3) is 0.727. The van der Waals surface area contributed by atoms with E-state index in [1.165, 1.54) is 29.9 Å². The molecule has 0 radical (unpaired) electrons. The lowest BCUT2D eigenvalue weighted by Gasteiger charge is -2.11. The monoisotopic (exact) mass is 256 g/mol. The Hall–Kier alpha value is -1.47. The van der Waals surface area contributed by atoms with E-state index in [0.29, 0.717) is 6.54 Å². The molecule has 7 heteroatoms. The van der Waals surface area contributed by atoms with E-state index in [-0.39, 0.29) is 12.2 Å². The van der Waals surface area contributed by atoms with E-state index in [4.69, 9.17) is 0 Å². The summed E-state index contributed by atoms with van der Waals surface area (Å²) in [5, 5.41) is 27.1. The van der Waals surface area contributed by atoms with E-state index in [1.807, 2.05) is 0 Å². The van der Waals surface area contributed by atoms with Crippen molar-refractivity contribution in [3.63, 3.8) is 0 Å². The highest BCUT2D eigenvalue weighted by Gasteiger charge is 2.11. The van der Waals surface area contributed by atoms with Crippen molar-refractivity contribution in [3.05, 3.63) is 22.5 Å². The molecular formula is C11H20N4O3. The van der Waals surface area contributed by atoms with Crippen molar-refractivity contribution >= 4 is 5.69 Å². The maximum atomic E-state index is 10.4. The molecule has 1 aromatic rings. The van der Waals surface area contributed by atoms with E-state index in [0.717, 1.165) is 13.0 Å². The van der Waals surface area contributed by atoms with Crippen molar-refractivity contribution in [1.82, 2.24) is 15.1 Å². The Balaban J connectivity index is 2.22. The SMILES string of the molecule is CCCCCNCC(O)Cn1cc([N+](=O)[O-])cn1. The molecule has 2 N–H and O–H groups in total. The number of aromatic nitrogens is 2. The molecule has 1 heterocycles. The zero-order valence-electron chi connectivity index (χ0n) is 10.6. The van der Waals surface area contributed by atoms with Gasteiger partial charge in [0.1, 0.15) is 12.4 Å². The van der Waals surface area contributed by atoms with Crippen molar-refractivity contribution in [1.29, 1.82) is 0 Å². The second-order valence-electron chi connectivity index (χ2n) is 4.24. The van der Waals surface area contributed by atoms with Crippen LogP contribution in [0.3, 0.4) is 0 Å². The lowest BCUT2D eigenvalue weighted by atomic mass is 10.2. The third kappa shape index (κ3) is 5.24. The van der Waals surface area contributed by atoms with Gasteiger partial charge in [-0.1, -0.05) is 19.8 Å². The molecule has 102 valence electrons. The predicted molar refractivity (Wildman–Crippen MR) is 67.3 cm³/mol. The molecule has 1 unspecified atom stereocenters. The van der Waals surface area contributed by atoms with Gasteiger partial charge in [0.05, 0.1) is 17.6 Å². The molecular weight excluding hydrogens is 236 g/mol. The summed E-state index contributed by atoms with van der Waals surface area (Å²) in [5.41, 5.74) is -0.0573. The molecule has 0 aromatic carbocycles. The normalized spacial score (nSPS) is 12.6. The number of aliphatic hydroxyl groups excluding tert-OH is 1. The van der Waals surface area contributed by atoms with Gasteiger partial charge in [0.15, 0.2) is 0 Å². The fourth-order valence-electron chi connectivity index (χ4n) is 1.60. The fourth-order valence-corrected chi connectivity index (χ4v) is 1.60. The van der Waals surface area contributed by atoms with Gasteiger partial charge in [0, 0.05) is 6.54 Å². The van der Waals surface area contributed by atoms with E-state index >= 15 is 0 Å². The van der Waals surface area contributed by atoms with Gasteiger partial charge in [-0.05, 0) is 13.0 Å². The number of rotatable bonds is 9. The maximum absolute atomic E-state index is 10.4. The summed E-state index contributed by atoms with van der Waals surface area (Å²) in [7, 11) is 0. The van der Waals surface area contributed by atoms with Crippen LogP contribution in [0.15, 0.2) is 12.4 Å². The third-order valence-electron chi connectivity index (χ3n) is 2.57. The Kier molecular flexibility index (Phi) is 6.31. The van der Waals surface area contributed by atoms with E-state index in [1.54, 1.807) is 0 Å². The maximum Gasteiger partial charge on any atom is 0.306 e. The van der Waals surface area contributed by atoms with E-state index in [2.05, 4.69) is 17.3 Å². The molecule has 0 spiro atoms. The molecule has 0 amide bonds. The zero-order chi connectivity index (χ0) is 13.4. The van der Waals surface area contributed by atoms with Gasteiger partial charge in [-0.25, -0.2) is 0 Å². The Morgan fingerprint density at radius 2 is 2.39 bits per heavy atom. The lowest BCUT2D eigenvalue weighted by Crippen LogP contribution is -2.31. The smallest absolute Gasteiger partial charge is 0.306 e. The van der Waals surface area contributed by atoms with Gasteiger partial charge in [0.25, 0.3) is 0 Å². The van der Waals surface area contributed by atoms with Gasteiger partial charge in [0.2, 0.25) is 0 Å². The minimum Gasteiger partial charge on any atom is -0.390 e. The van der Waals surface area contributed by atoms with Crippen LogP contribution >= 0.6 is 0 Å². The minimum atomic E-state index is -0.592. The highest BCUT2D eigenvalue weighted by atomic mass is 16.6. The third-order valence-corrected chi connectivity index (χ3v) is 2.57. The van der Waals surface area contributed by atoms with Crippen molar-refractivity contribution in [2.45, 2.75) is 38.8 Å². The number of aliphatic hydroxyl groups is 1. The highest BCUT2D eigenvalue weighted by molar-refractivity contribution is 5.20. The standard InChI is InChI=1S/C11H20N4O3/c1-2-3-4-5-12-7-11(16)9-14-8-10(6-13-14)15(17)18/h6,8,11-12,16H,2-5,7,9H2,1H3. The van der Waals surface area contributed by atoms with Crippen molar-refractivity contribution in [3.8, 4) is 0 Å². The van der Waals surface area contributed by atoms with Crippen LogP contribution < -0.4 is 5.32 Å². The molecule has 0 bridgehead atoms. The van der Waals surface area contributed by atoms with Crippen LogP contribution in [0.2, 0.25) is 0 Å². The molecule has 1 aromatic heterocycles. The summed E-state index contributed by atoms with van der Waals surface area (Å²) in [6.45, 7) is 3.75. The van der Waals surface area contributed by atoms with Crippen LogP contribution in [0.1, 0.15) is 26.2 Å². The van der Waals surface area contributed by atoms with Gasteiger partial charge in [-0.15, -0.1) is 0 Å². The van der Waals surface area contributed by atoms with Gasteiger partial charge in [-0.3, -0.25) is 14.8 Å². The first-order valence-electron chi connectivity index (χ1n) is 6.19. The average Bonchev–Trinajstić information content (AvgIpc) is 2.77. The van der Waals surface area contributed by atoms with Crippen molar-refractivity contribution < 1.29 is 10.0 Å². The molecule has 18 heavy (non-hydrogen) atoms. The van der Waals surface area contributed by atoms with Crippen molar-refractivity contribution in [2.75, 3.05) is 13.1 Å². The van der Waals surface area contributed by atoms with Crippen LogP contribution in [-0.2, 0) is 6.54 Å². The van der Waals surface area contributed by atoms with Gasteiger partial charge in [-0.2, -0.15) is 5.10 Å². The molecule has 0 fully saturated rings. The minimum absolute atomic E-state index is 0.0573. The van der Waals surface area contributed by atoms with Crippen LogP contribution in [0.5, 0.6) is 0 Å². The summed E-state index contributed by atoms with van der Waals surface area (Å²) in [6.07, 6.45) is 5.35. The zero-order valence-corrected chi connectivity index (χ0v) is 10.6. The van der Waals surface area contributed by atoms with E-state index < -0.39 is 11.0 Å². The second-order valence-corrected chi connectivity index (χ2v) is 4.24. The number of nitrogens with one attached hydrogen (secondary N) is 1. The summed E-state index contributed by atoms with van der Waals surface area (Å²) < 4.78 is 1.39. The summed E-state index contributed by atoms with van der Waals surface area (Å²) in [6, 6.07) is 0. The highest BCUT2D eigenvalue weighted by Crippen LogP contribution is 2.07. The molecule has 0 saturated heterocycles. The number of hydrogen-bond donors (Lipinski definition) is 2. The van der Waals surface area contributed by atoms with E-state index in [9.17, 15) is 15.2 Å². The largest absolute Gasteiger partial charge is 0.390 e. The summed E-state index contributed by atoms with van der Waals surface area (Å²) in [5.74, 6) is 0. The van der Waals surface area contributed by atoms with Crippen LogP contribution in [0.25, 0.3) is 0 Å². The molecule has 0 aliphatic heterocycles. The number of unbranched alkanes of at least 4 members (excludes halogenated alkanes) is 2. The lowest BCUT2D eigenvalue weighted by molar-refractivity contribution is -0.385. The van der Waals surface area contributed by atoms with Crippen molar-refractivity contribution in [2.24, 2.45) is 0 Å². The number of hydrogen-bond acceptors (Lipinski definition) is 5. The molecule has 0 saturated carbocycles. The Morgan fingerprint density at radius 3 is 3.00 bits per heavy atom. The topological polar surface area (TPSA) is 93.2 Å². The van der Waals surface area contributed by atoms with Gasteiger partial charge < -0.3 is 10.4 Å².